The molecular weight excluding hydrogens is 324 g/mol. The molecule has 26 heavy (non-hydrogen) atoms. The van der Waals surface area contributed by atoms with Gasteiger partial charge in [-0.2, -0.15) is 0 Å². The fourth-order valence-corrected chi connectivity index (χ4v) is 3.77. The third-order valence-corrected chi connectivity index (χ3v) is 5.42. The van der Waals surface area contributed by atoms with Gasteiger partial charge in [-0.05, 0) is 49.1 Å². The summed E-state index contributed by atoms with van der Waals surface area (Å²) in [5, 5.41) is 0. The number of anilines is 2. The van der Waals surface area contributed by atoms with Crippen molar-refractivity contribution in [2.75, 3.05) is 25.1 Å². The van der Waals surface area contributed by atoms with Crippen LogP contribution >= 0.6 is 0 Å². The van der Waals surface area contributed by atoms with Crippen molar-refractivity contribution in [1.82, 2.24) is 9.80 Å². The van der Waals surface area contributed by atoms with Crippen molar-refractivity contribution in [3.8, 4) is 0 Å². The summed E-state index contributed by atoms with van der Waals surface area (Å²) < 4.78 is 0. The van der Waals surface area contributed by atoms with E-state index in [-0.39, 0.29) is 12.1 Å². The molecule has 0 spiro atoms. The Morgan fingerprint density at radius 2 is 2.00 bits per heavy atom. The summed E-state index contributed by atoms with van der Waals surface area (Å²) in [5.74, 6) is 0.0774. The maximum absolute atomic E-state index is 12.8. The molecule has 1 aliphatic heterocycles. The van der Waals surface area contributed by atoms with Crippen molar-refractivity contribution in [3.63, 3.8) is 0 Å². The molecule has 1 fully saturated rings. The van der Waals surface area contributed by atoms with Gasteiger partial charge in [0, 0.05) is 31.0 Å². The second kappa shape index (κ2) is 7.79. The highest BCUT2D eigenvalue weighted by Crippen LogP contribution is 2.34. The van der Waals surface area contributed by atoms with E-state index in [4.69, 9.17) is 11.5 Å². The first-order valence-electron chi connectivity index (χ1n) is 9.17. The minimum atomic E-state index is 0.0152. The van der Waals surface area contributed by atoms with E-state index in [0.29, 0.717) is 18.2 Å². The zero-order chi connectivity index (χ0) is 18.7. The second-order valence-corrected chi connectivity index (χ2v) is 7.08. The molecule has 1 heterocycles. The van der Waals surface area contributed by atoms with Gasteiger partial charge in [-0.1, -0.05) is 30.3 Å². The van der Waals surface area contributed by atoms with Crippen LogP contribution in [0.5, 0.6) is 0 Å². The predicted molar refractivity (Wildman–Crippen MR) is 106 cm³/mol. The van der Waals surface area contributed by atoms with Gasteiger partial charge in [-0.3, -0.25) is 9.69 Å². The number of carbonyl (C=O) groups is 1. The second-order valence-electron chi connectivity index (χ2n) is 7.08. The van der Waals surface area contributed by atoms with Crippen LogP contribution in [-0.2, 0) is 11.2 Å². The number of likely N-dealkylation sites (N-methyl/N-ethyl adjacent to an activating group) is 1. The highest BCUT2D eigenvalue weighted by Gasteiger charge is 2.32. The van der Waals surface area contributed by atoms with E-state index in [2.05, 4.69) is 17.9 Å². The van der Waals surface area contributed by atoms with Gasteiger partial charge in [-0.25, -0.2) is 0 Å². The molecule has 1 aliphatic rings. The Morgan fingerprint density at radius 1 is 1.23 bits per heavy atom. The van der Waals surface area contributed by atoms with Crippen LogP contribution in [0.3, 0.4) is 0 Å². The molecule has 0 aromatic heterocycles. The number of hydrogen-bond donors (Lipinski definition) is 2. The van der Waals surface area contributed by atoms with Gasteiger partial charge in [0.2, 0.25) is 5.91 Å². The number of hydrogen-bond acceptors (Lipinski definition) is 4. The van der Waals surface area contributed by atoms with Crippen LogP contribution in [0.1, 0.15) is 36.9 Å². The fraction of sp³-hybridized carbons (Fsp3) is 0.381. The maximum Gasteiger partial charge on any atom is 0.228 e. The summed E-state index contributed by atoms with van der Waals surface area (Å²) >= 11 is 0. The van der Waals surface area contributed by atoms with Crippen LogP contribution in [-0.4, -0.2) is 35.5 Å². The Hall–Kier alpha value is -2.53. The van der Waals surface area contributed by atoms with Crippen molar-refractivity contribution >= 4 is 17.3 Å². The molecule has 0 aliphatic carbocycles. The molecule has 138 valence electrons. The maximum atomic E-state index is 12.8. The molecular formula is C21H28N4O. The van der Waals surface area contributed by atoms with Crippen molar-refractivity contribution in [1.29, 1.82) is 0 Å². The molecule has 0 saturated carbocycles. The van der Waals surface area contributed by atoms with Crippen LogP contribution in [0.2, 0.25) is 0 Å². The number of nitrogen functional groups attached to an aromatic ring is 2. The fourth-order valence-electron chi connectivity index (χ4n) is 3.77. The summed E-state index contributed by atoms with van der Waals surface area (Å²) in [5.41, 5.74) is 15.5. The molecule has 5 nitrogen and oxygen atoms in total. The van der Waals surface area contributed by atoms with Crippen molar-refractivity contribution in [2.45, 2.75) is 38.4 Å². The van der Waals surface area contributed by atoms with Crippen LogP contribution in [0.15, 0.2) is 48.5 Å². The number of rotatable bonds is 5. The predicted octanol–water partition coefficient (Wildman–Crippen LogP) is 3.04. The molecule has 2 aromatic carbocycles. The largest absolute Gasteiger partial charge is 0.399 e. The van der Waals surface area contributed by atoms with Crippen molar-refractivity contribution < 1.29 is 4.79 Å². The lowest BCUT2D eigenvalue weighted by Gasteiger charge is -2.37. The number of amides is 1. The summed E-state index contributed by atoms with van der Waals surface area (Å²) in [6, 6.07) is 15.9. The Morgan fingerprint density at radius 3 is 2.73 bits per heavy atom. The number of benzene rings is 2. The molecule has 2 unspecified atom stereocenters. The molecule has 4 N–H and O–H groups in total. The Bertz CT molecular complexity index is 776. The van der Waals surface area contributed by atoms with E-state index in [9.17, 15) is 4.79 Å². The highest BCUT2D eigenvalue weighted by molar-refractivity contribution is 5.80. The highest BCUT2D eigenvalue weighted by atomic mass is 16.2. The zero-order valence-electron chi connectivity index (χ0n) is 15.6. The summed E-state index contributed by atoms with van der Waals surface area (Å²) in [4.78, 5) is 17.0. The van der Waals surface area contributed by atoms with Crippen LogP contribution in [0.25, 0.3) is 0 Å². The molecule has 2 atom stereocenters. The normalized spacial score (nSPS) is 18.6. The monoisotopic (exact) mass is 352 g/mol. The lowest BCUT2D eigenvalue weighted by molar-refractivity contribution is -0.134. The first-order chi connectivity index (χ1) is 12.5. The third kappa shape index (κ3) is 3.83. The lowest BCUT2D eigenvalue weighted by Crippen LogP contribution is -2.47. The standard InChI is InChI=1S/C21H28N4O/c1-15(24(2)21(26)14-16-7-3-4-10-19(16)23)25-12-6-11-20(25)17-8-5-9-18(22)13-17/h3-5,7-10,13,15,20H,6,11-12,14,22-23H2,1-2H3. The smallest absolute Gasteiger partial charge is 0.228 e. The number of para-hydroxylation sites is 1. The van der Waals surface area contributed by atoms with E-state index >= 15 is 0 Å². The SMILES string of the molecule is CC(N(C)C(=O)Cc1ccccc1N)N1CCCC1c1cccc(N)c1. The van der Waals surface area contributed by atoms with Gasteiger partial charge in [0.25, 0.3) is 0 Å². The van der Waals surface area contributed by atoms with Gasteiger partial charge >= 0.3 is 0 Å². The summed E-state index contributed by atoms with van der Waals surface area (Å²) in [7, 11) is 1.88. The third-order valence-electron chi connectivity index (χ3n) is 5.42. The molecule has 1 saturated heterocycles. The van der Waals surface area contributed by atoms with Gasteiger partial charge in [0.15, 0.2) is 0 Å². The quantitative estimate of drug-likeness (QED) is 0.811. The zero-order valence-corrected chi connectivity index (χ0v) is 15.6. The molecule has 2 aromatic rings. The molecule has 0 bridgehead atoms. The Balaban J connectivity index is 1.71. The van der Waals surface area contributed by atoms with E-state index in [0.717, 1.165) is 30.6 Å². The van der Waals surface area contributed by atoms with Crippen molar-refractivity contribution in [2.24, 2.45) is 0 Å². The average molecular weight is 352 g/mol. The minimum absolute atomic E-state index is 0.0152. The van der Waals surface area contributed by atoms with E-state index in [1.165, 1.54) is 5.56 Å². The average Bonchev–Trinajstić information content (AvgIpc) is 3.12. The van der Waals surface area contributed by atoms with Crippen molar-refractivity contribution in [3.05, 3.63) is 59.7 Å². The summed E-state index contributed by atoms with van der Waals surface area (Å²) in [6.45, 7) is 3.07. The lowest BCUT2D eigenvalue weighted by atomic mass is 10.0. The minimum Gasteiger partial charge on any atom is -0.399 e. The number of carbonyl (C=O) groups excluding carboxylic acids is 1. The van der Waals surface area contributed by atoms with E-state index in [1.54, 1.807) is 0 Å². The first-order valence-corrected chi connectivity index (χ1v) is 9.17. The first kappa shape index (κ1) is 18.3. The van der Waals surface area contributed by atoms with Crippen LogP contribution in [0, 0.1) is 0 Å². The van der Waals surface area contributed by atoms with Gasteiger partial charge in [0.1, 0.15) is 0 Å². The number of nitrogens with zero attached hydrogens (tertiary/aromatic N) is 2. The topological polar surface area (TPSA) is 75.6 Å². The summed E-state index contributed by atoms with van der Waals surface area (Å²) in [6.07, 6.45) is 2.55. The van der Waals surface area contributed by atoms with Gasteiger partial charge < -0.3 is 16.4 Å². The molecule has 1 amide bonds. The van der Waals surface area contributed by atoms with E-state index in [1.807, 2.05) is 54.4 Å². The van der Waals surface area contributed by atoms with E-state index < -0.39 is 0 Å². The van der Waals surface area contributed by atoms with Crippen LogP contribution in [0.4, 0.5) is 11.4 Å². The Kier molecular flexibility index (Phi) is 5.47. The Labute approximate surface area is 155 Å². The molecule has 5 heteroatoms. The number of likely N-dealkylation sites (tertiary alicyclic amines) is 1. The van der Waals surface area contributed by atoms with Gasteiger partial charge in [0.05, 0.1) is 12.6 Å². The molecule has 3 rings (SSSR count). The van der Waals surface area contributed by atoms with Gasteiger partial charge in [-0.15, -0.1) is 0 Å². The number of nitrogens with two attached hydrogens (primary N) is 2. The molecule has 0 radical (unpaired) electrons. The van der Waals surface area contributed by atoms with Crippen LogP contribution < -0.4 is 11.5 Å².